The highest BCUT2D eigenvalue weighted by Crippen LogP contribution is 2.20. The Hall–Kier alpha value is -1.73. The van der Waals surface area contributed by atoms with Crippen LogP contribution in [0.1, 0.15) is 17.7 Å². The van der Waals surface area contributed by atoms with Crippen molar-refractivity contribution >= 4 is 48.0 Å². The van der Waals surface area contributed by atoms with Crippen molar-refractivity contribution in [3.8, 4) is 0 Å². The van der Waals surface area contributed by atoms with Crippen molar-refractivity contribution in [1.82, 2.24) is 9.97 Å². The van der Waals surface area contributed by atoms with E-state index in [1.54, 1.807) is 12.4 Å². The maximum Gasteiger partial charge on any atom is 0.223 e. The summed E-state index contributed by atoms with van der Waals surface area (Å²) in [5, 5.41) is 4.23. The van der Waals surface area contributed by atoms with Crippen molar-refractivity contribution in [3.63, 3.8) is 0 Å². The Bertz CT molecular complexity index is 640. The lowest BCUT2D eigenvalue weighted by Gasteiger charge is -2.09. The predicted molar refractivity (Wildman–Crippen MR) is 84.8 cm³/mol. The molecule has 0 saturated carbocycles. The Morgan fingerprint density at radius 1 is 1.30 bits per heavy atom. The quantitative estimate of drug-likeness (QED) is 0.882. The monoisotopic (exact) mass is 307 g/mol. The van der Waals surface area contributed by atoms with Gasteiger partial charge in [0.2, 0.25) is 11.8 Å². The minimum Gasteiger partial charge on any atom is -0.447 e. The molecule has 20 heavy (non-hydrogen) atoms. The third kappa shape index (κ3) is 3.88. The van der Waals surface area contributed by atoms with Crippen LogP contribution in [0.15, 0.2) is 16.8 Å². The zero-order valence-electron chi connectivity index (χ0n) is 11.9. The highest BCUT2D eigenvalue weighted by Gasteiger charge is 2.21. The molecule has 0 atom stereocenters. The molecule has 1 amide bonds. The fraction of sp³-hybridized carbons (Fsp3) is 0.308. The van der Waals surface area contributed by atoms with Gasteiger partial charge in [0.05, 0.1) is 6.20 Å². The van der Waals surface area contributed by atoms with Gasteiger partial charge in [-0.3, -0.25) is 4.79 Å². The molecule has 5 nitrogen and oxygen atoms in total. The van der Waals surface area contributed by atoms with Gasteiger partial charge in [0.1, 0.15) is 13.5 Å². The van der Waals surface area contributed by atoms with Gasteiger partial charge in [-0.1, -0.05) is 31.0 Å². The smallest absolute Gasteiger partial charge is 0.223 e. The minimum atomic E-state index is -1.46. The maximum absolute atomic E-state index is 10.9. The first-order chi connectivity index (χ1) is 9.34. The second kappa shape index (κ2) is 5.72. The van der Waals surface area contributed by atoms with Gasteiger partial charge in [-0.15, -0.1) is 0 Å². The molecular weight excluding hydrogens is 290 g/mol. The van der Waals surface area contributed by atoms with E-state index in [0.29, 0.717) is 11.0 Å². The Morgan fingerprint density at radius 2 is 2.05 bits per heavy atom. The predicted octanol–water partition coefficient (Wildman–Crippen LogP) is 2.81. The third-order valence-corrected chi connectivity index (χ3v) is 5.05. The summed E-state index contributed by atoms with van der Waals surface area (Å²) in [6.45, 7) is 8.10. The van der Waals surface area contributed by atoms with Crippen LogP contribution in [0.5, 0.6) is 0 Å². The van der Waals surface area contributed by atoms with E-state index in [1.807, 2.05) is 12.2 Å². The molecule has 0 fully saturated rings. The van der Waals surface area contributed by atoms with Crippen molar-refractivity contribution < 1.29 is 9.21 Å². The van der Waals surface area contributed by atoms with Crippen LogP contribution in [0.4, 0.5) is 5.13 Å². The minimum absolute atomic E-state index is 0.123. The van der Waals surface area contributed by atoms with Crippen LogP contribution < -0.4 is 10.7 Å². The van der Waals surface area contributed by atoms with Gasteiger partial charge in [-0.2, -0.15) is 0 Å². The molecule has 0 saturated heterocycles. The molecular formula is C13H17N3O2SSi. The van der Waals surface area contributed by atoms with Gasteiger partial charge in [0.15, 0.2) is 5.13 Å². The summed E-state index contributed by atoms with van der Waals surface area (Å²) in [7, 11) is -1.46. The van der Waals surface area contributed by atoms with E-state index in [4.69, 9.17) is 4.42 Å². The SMILES string of the molecule is CC(=O)Nc1ncc(/C=C/c2ncc([Si](C)(C)C)o2)s1. The summed E-state index contributed by atoms with van der Waals surface area (Å²) in [6, 6.07) is 0. The first kappa shape index (κ1) is 14.7. The molecule has 0 unspecified atom stereocenters. The van der Waals surface area contributed by atoms with E-state index in [0.717, 1.165) is 10.3 Å². The Morgan fingerprint density at radius 3 is 2.65 bits per heavy atom. The summed E-state index contributed by atoms with van der Waals surface area (Å²) in [6.07, 6.45) is 7.20. The molecule has 106 valence electrons. The van der Waals surface area contributed by atoms with Crippen molar-refractivity contribution in [2.45, 2.75) is 26.6 Å². The second-order valence-electron chi connectivity index (χ2n) is 5.40. The number of hydrogen-bond acceptors (Lipinski definition) is 5. The zero-order chi connectivity index (χ0) is 14.8. The molecule has 2 aromatic heterocycles. The maximum atomic E-state index is 10.9. The number of thiazole rings is 1. The fourth-order valence-corrected chi connectivity index (χ4v) is 3.06. The Labute approximate surface area is 122 Å². The van der Waals surface area contributed by atoms with Crippen LogP contribution in [-0.4, -0.2) is 23.9 Å². The number of amides is 1. The molecule has 7 heteroatoms. The number of hydrogen-bond donors (Lipinski definition) is 1. The van der Waals surface area contributed by atoms with Gasteiger partial charge in [-0.05, 0) is 6.08 Å². The molecule has 0 aliphatic carbocycles. The molecule has 2 heterocycles. The third-order valence-electron chi connectivity index (χ3n) is 2.46. The van der Waals surface area contributed by atoms with Crippen LogP contribution in [0, 0.1) is 0 Å². The van der Waals surface area contributed by atoms with E-state index >= 15 is 0 Å². The Balaban J connectivity index is 2.07. The van der Waals surface area contributed by atoms with Gasteiger partial charge in [0.25, 0.3) is 0 Å². The van der Waals surface area contributed by atoms with Gasteiger partial charge in [0, 0.05) is 24.1 Å². The molecule has 0 radical (unpaired) electrons. The lowest BCUT2D eigenvalue weighted by atomic mass is 10.4. The van der Waals surface area contributed by atoms with Gasteiger partial charge >= 0.3 is 0 Å². The van der Waals surface area contributed by atoms with E-state index in [-0.39, 0.29) is 5.91 Å². The van der Waals surface area contributed by atoms with E-state index in [1.165, 1.54) is 18.3 Å². The number of carbonyl (C=O) groups is 1. The number of rotatable bonds is 4. The summed E-state index contributed by atoms with van der Waals surface area (Å²) in [5.41, 5.74) is 0. The van der Waals surface area contributed by atoms with Gasteiger partial charge in [-0.25, -0.2) is 9.97 Å². The first-order valence-corrected chi connectivity index (χ1v) is 10.5. The summed E-state index contributed by atoms with van der Waals surface area (Å²) in [5.74, 6) is 0.472. The molecule has 0 aromatic carbocycles. The van der Waals surface area contributed by atoms with Crippen LogP contribution in [0.2, 0.25) is 19.6 Å². The van der Waals surface area contributed by atoms with Crippen molar-refractivity contribution in [2.24, 2.45) is 0 Å². The molecule has 0 aliphatic rings. The Kier molecular flexibility index (Phi) is 4.19. The van der Waals surface area contributed by atoms with E-state index in [9.17, 15) is 4.79 Å². The highest BCUT2D eigenvalue weighted by atomic mass is 32.1. The number of anilines is 1. The van der Waals surface area contributed by atoms with Gasteiger partial charge < -0.3 is 9.73 Å². The van der Waals surface area contributed by atoms with Crippen molar-refractivity contribution in [1.29, 1.82) is 0 Å². The van der Waals surface area contributed by atoms with E-state index < -0.39 is 8.07 Å². The second-order valence-corrected chi connectivity index (χ2v) is 11.5. The molecule has 0 aliphatic heterocycles. The molecule has 2 rings (SSSR count). The summed E-state index contributed by atoms with van der Waals surface area (Å²) in [4.78, 5) is 20.2. The van der Waals surface area contributed by atoms with Crippen molar-refractivity contribution in [3.05, 3.63) is 23.2 Å². The summed E-state index contributed by atoms with van der Waals surface area (Å²) < 4.78 is 5.72. The normalized spacial score (nSPS) is 12.0. The number of aromatic nitrogens is 2. The fourth-order valence-electron chi connectivity index (χ4n) is 1.44. The lowest BCUT2D eigenvalue weighted by Crippen LogP contribution is -2.36. The average Bonchev–Trinajstić information content (AvgIpc) is 2.93. The first-order valence-electron chi connectivity index (χ1n) is 6.22. The number of nitrogens with zero attached hydrogens (tertiary/aromatic N) is 2. The number of carbonyl (C=O) groups excluding carboxylic acids is 1. The highest BCUT2D eigenvalue weighted by molar-refractivity contribution is 7.16. The molecule has 2 aromatic rings. The van der Waals surface area contributed by atoms with Crippen molar-refractivity contribution in [2.75, 3.05) is 5.32 Å². The van der Waals surface area contributed by atoms with E-state index in [2.05, 4.69) is 34.9 Å². The summed E-state index contributed by atoms with van der Waals surface area (Å²) >= 11 is 1.40. The lowest BCUT2D eigenvalue weighted by molar-refractivity contribution is -0.114. The zero-order valence-corrected chi connectivity index (χ0v) is 13.7. The largest absolute Gasteiger partial charge is 0.447 e. The standard InChI is InChI=1S/C13H17N3O2SSi/c1-9(17)16-13-15-7-10(19-13)5-6-11-14-8-12(18-11)20(2,3)4/h5-8H,1-4H3,(H,15,16,17)/b6-5+. The molecule has 0 bridgehead atoms. The molecule has 1 N–H and O–H groups in total. The van der Waals surface area contributed by atoms with Crippen LogP contribution in [0.25, 0.3) is 12.2 Å². The van der Waals surface area contributed by atoms with Crippen LogP contribution in [-0.2, 0) is 4.79 Å². The van der Waals surface area contributed by atoms with Crippen LogP contribution >= 0.6 is 11.3 Å². The number of oxazole rings is 1. The molecule has 0 spiro atoms. The van der Waals surface area contributed by atoms with Crippen LogP contribution in [0.3, 0.4) is 0 Å². The average molecular weight is 307 g/mol. The number of nitrogens with one attached hydrogen (secondary N) is 1. The topological polar surface area (TPSA) is 68.0 Å².